The van der Waals surface area contributed by atoms with E-state index in [0.29, 0.717) is 22.3 Å². The van der Waals surface area contributed by atoms with E-state index in [9.17, 15) is 9.59 Å². The molecule has 0 amide bonds. The molecule has 1 aromatic carbocycles. The average Bonchev–Trinajstić information content (AvgIpc) is 2.39. The van der Waals surface area contributed by atoms with Crippen LogP contribution in [0, 0.1) is 26.2 Å². The van der Waals surface area contributed by atoms with Crippen LogP contribution in [0.2, 0.25) is 0 Å². The number of fused-ring (bicyclic) bond motifs is 1. The summed E-state index contributed by atoms with van der Waals surface area (Å²) in [4.78, 5) is 24.8. The SMILES string of the molecule is C#C/C=C1/C(=O)c2cc(C)c(C)cc2C(=O)/C1=C/C. The molecule has 94 valence electrons. The fraction of sp³-hybridized carbons (Fsp3) is 0.176. The second kappa shape index (κ2) is 4.70. The molecule has 2 heteroatoms. The van der Waals surface area contributed by atoms with Crippen molar-refractivity contribution in [2.45, 2.75) is 20.8 Å². The maximum atomic E-state index is 12.4. The van der Waals surface area contributed by atoms with Gasteiger partial charge < -0.3 is 0 Å². The standard InChI is InChI=1S/C17H14O2/c1-5-7-13-12(6-2)16(18)14-8-10(3)11(4)9-15(14)17(13)19/h1,6-9H,2-4H3/b12-6+,13-7+. The minimum Gasteiger partial charge on any atom is -0.289 e. The van der Waals surface area contributed by atoms with E-state index in [-0.39, 0.29) is 11.6 Å². The van der Waals surface area contributed by atoms with Gasteiger partial charge >= 0.3 is 0 Å². The van der Waals surface area contributed by atoms with Crippen LogP contribution in [0.3, 0.4) is 0 Å². The largest absolute Gasteiger partial charge is 0.289 e. The number of carbonyl (C=O) groups excluding carboxylic acids is 2. The molecule has 2 rings (SSSR count). The van der Waals surface area contributed by atoms with E-state index in [0.717, 1.165) is 11.1 Å². The number of carbonyl (C=O) groups is 2. The Hall–Kier alpha value is -2.40. The van der Waals surface area contributed by atoms with Crippen molar-refractivity contribution in [2.75, 3.05) is 0 Å². The summed E-state index contributed by atoms with van der Waals surface area (Å²) < 4.78 is 0. The van der Waals surface area contributed by atoms with Gasteiger partial charge in [0.15, 0.2) is 11.6 Å². The summed E-state index contributed by atoms with van der Waals surface area (Å²) in [7, 11) is 0. The predicted octanol–water partition coefficient (Wildman–Crippen LogP) is 3.19. The van der Waals surface area contributed by atoms with Crippen molar-refractivity contribution in [1.82, 2.24) is 0 Å². The lowest BCUT2D eigenvalue weighted by atomic mass is 9.80. The lowest BCUT2D eigenvalue weighted by Crippen LogP contribution is -2.23. The topological polar surface area (TPSA) is 34.1 Å². The molecule has 19 heavy (non-hydrogen) atoms. The summed E-state index contributed by atoms with van der Waals surface area (Å²) in [6.45, 7) is 5.58. The molecule has 0 heterocycles. The van der Waals surface area contributed by atoms with Crippen LogP contribution in [0.1, 0.15) is 38.8 Å². The monoisotopic (exact) mass is 250 g/mol. The number of hydrogen-bond acceptors (Lipinski definition) is 2. The van der Waals surface area contributed by atoms with Gasteiger partial charge in [-0.3, -0.25) is 9.59 Å². The van der Waals surface area contributed by atoms with Crippen LogP contribution < -0.4 is 0 Å². The van der Waals surface area contributed by atoms with Gasteiger partial charge in [-0.25, -0.2) is 0 Å². The van der Waals surface area contributed by atoms with E-state index in [1.165, 1.54) is 6.08 Å². The van der Waals surface area contributed by atoms with Crippen molar-refractivity contribution in [3.63, 3.8) is 0 Å². The molecule has 0 aliphatic heterocycles. The van der Waals surface area contributed by atoms with Gasteiger partial charge in [0.1, 0.15) is 0 Å². The second-order valence-electron chi connectivity index (χ2n) is 4.57. The van der Waals surface area contributed by atoms with Crippen LogP contribution in [0.15, 0.2) is 35.4 Å². The van der Waals surface area contributed by atoms with Gasteiger partial charge in [0.25, 0.3) is 0 Å². The summed E-state index contributed by atoms with van der Waals surface area (Å²) in [6.07, 6.45) is 8.25. The molecule has 1 aromatic rings. The molecule has 1 aliphatic carbocycles. The number of terminal acetylenes is 1. The van der Waals surface area contributed by atoms with Crippen LogP contribution in [0.25, 0.3) is 0 Å². The molecule has 0 bridgehead atoms. The first kappa shape index (κ1) is 13.0. The van der Waals surface area contributed by atoms with Crippen LogP contribution in [-0.4, -0.2) is 11.6 Å². The van der Waals surface area contributed by atoms with Gasteiger partial charge in [-0.15, -0.1) is 6.42 Å². The Kier molecular flexibility index (Phi) is 3.23. The Morgan fingerprint density at radius 1 is 1.00 bits per heavy atom. The molecule has 0 saturated heterocycles. The summed E-state index contributed by atoms with van der Waals surface area (Å²) in [5.74, 6) is 2.02. The zero-order valence-electron chi connectivity index (χ0n) is 11.2. The molecule has 0 atom stereocenters. The number of Topliss-reactive ketones (excluding diaryl/α,β-unsaturated/α-hetero) is 2. The van der Waals surface area contributed by atoms with Crippen LogP contribution in [-0.2, 0) is 0 Å². The van der Waals surface area contributed by atoms with Gasteiger partial charge in [0.05, 0.1) is 0 Å². The maximum absolute atomic E-state index is 12.4. The quantitative estimate of drug-likeness (QED) is 0.523. The van der Waals surface area contributed by atoms with Crippen LogP contribution >= 0.6 is 0 Å². The highest BCUT2D eigenvalue weighted by molar-refractivity contribution is 6.31. The minimum absolute atomic E-state index is 0.137. The fourth-order valence-corrected chi connectivity index (χ4v) is 2.24. The molecule has 1 aliphatic rings. The van der Waals surface area contributed by atoms with E-state index in [4.69, 9.17) is 6.42 Å². The fourth-order valence-electron chi connectivity index (χ4n) is 2.24. The van der Waals surface area contributed by atoms with Gasteiger partial charge in [0.2, 0.25) is 0 Å². The lowest BCUT2D eigenvalue weighted by molar-refractivity contribution is 0.0972. The smallest absolute Gasteiger partial charge is 0.195 e. The molecular weight excluding hydrogens is 236 g/mol. The van der Waals surface area contributed by atoms with Crippen molar-refractivity contribution in [3.05, 3.63) is 57.7 Å². The van der Waals surface area contributed by atoms with Gasteiger partial charge in [0, 0.05) is 22.3 Å². The highest BCUT2D eigenvalue weighted by Gasteiger charge is 2.32. The number of rotatable bonds is 0. The first-order valence-electron chi connectivity index (χ1n) is 6.04. The van der Waals surface area contributed by atoms with Gasteiger partial charge in [-0.2, -0.15) is 0 Å². The third kappa shape index (κ3) is 1.94. The summed E-state index contributed by atoms with van der Waals surface area (Å²) in [5, 5.41) is 0. The molecule has 0 unspecified atom stereocenters. The van der Waals surface area contributed by atoms with Crippen LogP contribution in [0.5, 0.6) is 0 Å². The summed E-state index contributed by atoms with van der Waals surface area (Å²) in [6, 6.07) is 3.54. The molecule has 0 spiro atoms. The zero-order valence-corrected chi connectivity index (χ0v) is 11.2. The van der Waals surface area contributed by atoms with Crippen molar-refractivity contribution < 1.29 is 9.59 Å². The Morgan fingerprint density at radius 2 is 1.47 bits per heavy atom. The summed E-state index contributed by atoms with van der Waals surface area (Å²) in [5.41, 5.74) is 3.60. The molecule has 2 nitrogen and oxygen atoms in total. The van der Waals surface area contributed by atoms with Crippen molar-refractivity contribution in [1.29, 1.82) is 0 Å². The average molecular weight is 250 g/mol. The van der Waals surface area contributed by atoms with Crippen LogP contribution in [0.4, 0.5) is 0 Å². The first-order chi connectivity index (χ1) is 9.01. The highest BCUT2D eigenvalue weighted by atomic mass is 16.1. The zero-order chi connectivity index (χ0) is 14.2. The van der Waals surface area contributed by atoms with E-state index in [1.807, 2.05) is 13.8 Å². The predicted molar refractivity (Wildman–Crippen MR) is 75.3 cm³/mol. The Balaban J connectivity index is 2.80. The lowest BCUT2D eigenvalue weighted by Gasteiger charge is -2.20. The van der Waals surface area contributed by atoms with Crippen molar-refractivity contribution >= 4 is 11.6 Å². The van der Waals surface area contributed by atoms with E-state index in [1.54, 1.807) is 25.1 Å². The minimum atomic E-state index is -0.177. The normalized spacial score (nSPS) is 18.6. The summed E-state index contributed by atoms with van der Waals surface area (Å²) >= 11 is 0. The Labute approximate surface area is 112 Å². The van der Waals surface area contributed by atoms with Crippen molar-refractivity contribution in [3.8, 4) is 12.3 Å². The first-order valence-corrected chi connectivity index (χ1v) is 6.04. The number of benzene rings is 1. The molecule has 0 aromatic heterocycles. The molecule has 0 N–H and O–H groups in total. The molecule has 0 fully saturated rings. The molecule has 0 saturated carbocycles. The van der Waals surface area contributed by atoms with Gasteiger partial charge in [-0.1, -0.05) is 12.0 Å². The van der Waals surface area contributed by atoms with Crippen molar-refractivity contribution in [2.24, 2.45) is 0 Å². The number of ketones is 2. The number of allylic oxidation sites excluding steroid dienone is 4. The second-order valence-corrected chi connectivity index (χ2v) is 4.57. The maximum Gasteiger partial charge on any atom is 0.195 e. The van der Waals surface area contributed by atoms with E-state index >= 15 is 0 Å². The van der Waals surface area contributed by atoms with Gasteiger partial charge in [-0.05, 0) is 50.1 Å². The number of hydrogen-bond donors (Lipinski definition) is 0. The van der Waals surface area contributed by atoms with E-state index in [2.05, 4.69) is 5.92 Å². The van der Waals surface area contributed by atoms with E-state index < -0.39 is 0 Å². The third-order valence-electron chi connectivity index (χ3n) is 3.42. The number of aryl methyl sites for hydroxylation is 2. The third-order valence-corrected chi connectivity index (χ3v) is 3.42. The highest BCUT2D eigenvalue weighted by Crippen LogP contribution is 2.31. The molecule has 0 radical (unpaired) electrons. The Bertz CT molecular complexity index is 695. The Morgan fingerprint density at radius 3 is 1.89 bits per heavy atom. The molecular formula is C17H14O2.